The largest absolute Gasteiger partial charge is 0.481 e. The summed E-state index contributed by atoms with van der Waals surface area (Å²) in [6.45, 7) is 13.0. The number of hydrogen-bond donors (Lipinski definition) is 1. The van der Waals surface area contributed by atoms with Crippen LogP contribution in [-0.2, 0) is 47.5 Å². The van der Waals surface area contributed by atoms with Crippen molar-refractivity contribution in [1.82, 2.24) is 0 Å². The summed E-state index contributed by atoms with van der Waals surface area (Å²) in [5.74, 6) is -1.34. The fourth-order valence-electron chi connectivity index (χ4n) is 3.10. The van der Waals surface area contributed by atoms with Crippen molar-refractivity contribution in [1.29, 1.82) is 0 Å². The maximum atomic E-state index is 12.5. The molecule has 0 saturated heterocycles. The van der Waals surface area contributed by atoms with E-state index in [-0.39, 0.29) is 19.6 Å². The standard InChI is InChI=1S/C25H48O11/c1-6-25(4,21-24(2,3)22(26)27)23(28)36-20-19-35-18-17-34-16-15-33-14-13-32-12-11-31-10-9-30-8-7-29-5/h6-21H2,1-5H3,(H,26,27). The molecule has 1 unspecified atom stereocenters. The summed E-state index contributed by atoms with van der Waals surface area (Å²) < 4.78 is 42.5. The van der Waals surface area contributed by atoms with Crippen LogP contribution in [0.5, 0.6) is 0 Å². The molecule has 0 amide bonds. The topological polar surface area (TPSA) is 128 Å². The molecule has 11 nitrogen and oxygen atoms in total. The maximum Gasteiger partial charge on any atom is 0.311 e. The highest BCUT2D eigenvalue weighted by Crippen LogP contribution is 2.37. The van der Waals surface area contributed by atoms with Crippen molar-refractivity contribution in [3.63, 3.8) is 0 Å². The molecule has 0 saturated carbocycles. The van der Waals surface area contributed by atoms with Crippen LogP contribution in [-0.4, -0.2) is 117 Å². The van der Waals surface area contributed by atoms with Crippen LogP contribution in [0.1, 0.15) is 40.5 Å². The van der Waals surface area contributed by atoms with Crippen LogP contribution in [0.25, 0.3) is 0 Å². The minimum Gasteiger partial charge on any atom is -0.481 e. The number of carboxylic acid groups (broad SMARTS) is 1. The Morgan fingerprint density at radius 1 is 0.611 bits per heavy atom. The van der Waals surface area contributed by atoms with Crippen molar-refractivity contribution in [3.8, 4) is 0 Å². The number of ether oxygens (including phenoxy) is 8. The lowest BCUT2D eigenvalue weighted by molar-refractivity contribution is -0.161. The highest BCUT2D eigenvalue weighted by atomic mass is 16.6. The number of esters is 1. The predicted octanol–water partition coefficient (Wildman–Crippen LogP) is 2.19. The normalized spacial score (nSPS) is 13.5. The summed E-state index contributed by atoms with van der Waals surface area (Å²) in [7, 11) is 1.63. The first kappa shape index (κ1) is 34.7. The van der Waals surface area contributed by atoms with Crippen LogP contribution >= 0.6 is 0 Å². The molecule has 0 radical (unpaired) electrons. The Morgan fingerprint density at radius 2 is 0.944 bits per heavy atom. The smallest absolute Gasteiger partial charge is 0.311 e. The van der Waals surface area contributed by atoms with E-state index in [1.807, 2.05) is 6.92 Å². The Kier molecular flexibility index (Phi) is 20.9. The zero-order chi connectivity index (χ0) is 27.1. The van der Waals surface area contributed by atoms with Gasteiger partial charge in [0, 0.05) is 7.11 Å². The first-order valence-electron chi connectivity index (χ1n) is 12.6. The van der Waals surface area contributed by atoms with Gasteiger partial charge in [-0.25, -0.2) is 0 Å². The molecule has 36 heavy (non-hydrogen) atoms. The number of methoxy groups -OCH3 is 1. The van der Waals surface area contributed by atoms with E-state index in [1.165, 1.54) is 0 Å². The average molecular weight is 525 g/mol. The molecule has 0 aliphatic carbocycles. The van der Waals surface area contributed by atoms with Gasteiger partial charge in [0.15, 0.2) is 0 Å². The quantitative estimate of drug-likeness (QED) is 0.132. The van der Waals surface area contributed by atoms with Gasteiger partial charge in [-0.1, -0.05) is 6.92 Å². The molecule has 0 heterocycles. The molecule has 214 valence electrons. The van der Waals surface area contributed by atoms with Crippen LogP contribution in [0.3, 0.4) is 0 Å². The Bertz CT molecular complexity index is 556. The van der Waals surface area contributed by atoms with Gasteiger partial charge in [0.1, 0.15) is 6.61 Å². The second-order valence-corrected chi connectivity index (χ2v) is 9.08. The number of aliphatic carboxylic acids is 1. The molecule has 0 aliphatic rings. The molecule has 0 aromatic rings. The van der Waals surface area contributed by atoms with Gasteiger partial charge in [-0.2, -0.15) is 0 Å². The van der Waals surface area contributed by atoms with Gasteiger partial charge >= 0.3 is 11.9 Å². The van der Waals surface area contributed by atoms with E-state index in [9.17, 15) is 14.7 Å². The molecule has 0 spiro atoms. The van der Waals surface area contributed by atoms with Gasteiger partial charge < -0.3 is 43.0 Å². The zero-order valence-corrected chi connectivity index (χ0v) is 22.8. The van der Waals surface area contributed by atoms with Gasteiger partial charge in [0.05, 0.1) is 96.7 Å². The molecule has 0 rings (SSSR count). The highest BCUT2D eigenvalue weighted by molar-refractivity contribution is 5.79. The van der Waals surface area contributed by atoms with Gasteiger partial charge in [0.2, 0.25) is 0 Å². The zero-order valence-electron chi connectivity index (χ0n) is 22.8. The van der Waals surface area contributed by atoms with Crippen molar-refractivity contribution in [3.05, 3.63) is 0 Å². The molecule has 0 bridgehead atoms. The van der Waals surface area contributed by atoms with Crippen LogP contribution < -0.4 is 0 Å². The molecule has 1 N–H and O–H groups in total. The fraction of sp³-hybridized carbons (Fsp3) is 0.920. The van der Waals surface area contributed by atoms with Crippen LogP contribution in [0.15, 0.2) is 0 Å². The van der Waals surface area contributed by atoms with Crippen LogP contribution in [0, 0.1) is 10.8 Å². The second-order valence-electron chi connectivity index (χ2n) is 9.08. The number of carbonyl (C=O) groups is 2. The second kappa shape index (κ2) is 21.7. The number of carboxylic acids is 1. The van der Waals surface area contributed by atoms with Crippen molar-refractivity contribution in [2.45, 2.75) is 40.5 Å². The van der Waals surface area contributed by atoms with E-state index in [4.69, 9.17) is 37.9 Å². The summed E-state index contributed by atoms with van der Waals surface area (Å²) in [5.41, 5.74) is -1.87. The predicted molar refractivity (Wildman–Crippen MR) is 132 cm³/mol. The molecule has 0 aromatic heterocycles. The van der Waals surface area contributed by atoms with Crippen molar-refractivity contribution >= 4 is 11.9 Å². The van der Waals surface area contributed by atoms with E-state index in [2.05, 4.69) is 0 Å². The summed E-state index contributed by atoms with van der Waals surface area (Å²) in [6, 6.07) is 0. The number of hydrogen-bond acceptors (Lipinski definition) is 10. The SMILES string of the molecule is CCC(C)(CC(C)(C)C(=O)O)C(=O)OCCOCCOCCOCCOCCOCCOCCOC. The van der Waals surface area contributed by atoms with Crippen molar-refractivity contribution in [2.75, 3.05) is 99.6 Å². The van der Waals surface area contributed by atoms with E-state index in [0.29, 0.717) is 85.7 Å². The fourth-order valence-corrected chi connectivity index (χ4v) is 3.10. The minimum atomic E-state index is -1.01. The molecule has 1 atom stereocenters. The number of carbonyl (C=O) groups excluding carboxylic acids is 1. The molecular weight excluding hydrogens is 476 g/mol. The van der Waals surface area contributed by atoms with E-state index < -0.39 is 22.8 Å². The average Bonchev–Trinajstić information content (AvgIpc) is 2.84. The Labute approximate surface area is 216 Å². The lowest BCUT2D eigenvalue weighted by atomic mass is 9.72. The summed E-state index contributed by atoms with van der Waals surface area (Å²) in [5, 5.41) is 9.33. The van der Waals surface area contributed by atoms with E-state index >= 15 is 0 Å². The highest BCUT2D eigenvalue weighted by Gasteiger charge is 2.42. The third-order valence-electron chi connectivity index (χ3n) is 5.44. The Balaban J connectivity index is 3.51. The summed E-state index contributed by atoms with van der Waals surface area (Å²) >= 11 is 0. The van der Waals surface area contributed by atoms with Gasteiger partial charge in [-0.15, -0.1) is 0 Å². The Morgan fingerprint density at radius 3 is 1.25 bits per heavy atom. The summed E-state index contributed by atoms with van der Waals surface area (Å²) in [6.07, 6.45) is 0.694. The monoisotopic (exact) mass is 524 g/mol. The molecule has 0 aromatic carbocycles. The van der Waals surface area contributed by atoms with Crippen LogP contribution in [0.2, 0.25) is 0 Å². The Hall–Kier alpha value is -1.34. The minimum absolute atomic E-state index is 0.109. The first-order chi connectivity index (χ1) is 17.2. The van der Waals surface area contributed by atoms with Gasteiger partial charge in [0.25, 0.3) is 0 Å². The molecular formula is C25H48O11. The van der Waals surface area contributed by atoms with Crippen molar-refractivity contribution < 1.29 is 52.6 Å². The molecule has 0 fully saturated rings. The van der Waals surface area contributed by atoms with Gasteiger partial charge in [-0.05, 0) is 33.6 Å². The molecule has 11 heteroatoms. The first-order valence-corrected chi connectivity index (χ1v) is 12.6. The third-order valence-corrected chi connectivity index (χ3v) is 5.44. The lowest BCUT2D eigenvalue weighted by Crippen LogP contribution is -2.38. The third kappa shape index (κ3) is 18.0. The van der Waals surface area contributed by atoms with Crippen LogP contribution in [0.4, 0.5) is 0 Å². The summed E-state index contributed by atoms with van der Waals surface area (Å²) in [4.78, 5) is 23.9. The molecule has 0 aliphatic heterocycles. The maximum absolute atomic E-state index is 12.5. The van der Waals surface area contributed by atoms with E-state index in [0.717, 1.165) is 0 Å². The van der Waals surface area contributed by atoms with Gasteiger partial charge in [-0.3, -0.25) is 9.59 Å². The lowest BCUT2D eigenvalue weighted by Gasteiger charge is -2.32. The van der Waals surface area contributed by atoms with E-state index in [1.54, 1.807) is 27.9 Å². The van der Waals surface area contributed by atoms with Crippen molar-refractivity contribution in [2.24, 2.45) is 10.8 Å². The number of rotatable bonds is 26.